The molecule has 1 aromatic carbocycles. The number of nitrogens with one attached hydrogen (secondary N) is 2. The van der Waals surface area contributed by atoms with Crippen LogP contribution in [0.15, 0.2) is 23.2 Å². The molecule has 2 N–H and O–H groups in total. The van der Waals surface area contributed by atoms with Crippen LogP contribution >= 0.6 is 0 Å². The van der Waals surface area contributed by atoms with Crippen molar-refractivity contribution in [3.63, 3.8) is 0 Å². The minimum Gasteiger partial charge on any atom is -0.356 e. The Kier molecular flexibility index (Phi) is 6.94. The lowest BCUT2D eigenvalue weighted by atomic mass is 9.84. The van der Waals surface area contributed by atoms with Gasteiger partial charge in [-0.1, -0.05) is 12.8 Å². The number of rotatable bonds is 6. The molecule has 0 aliphatic heterocycles. The molecule has 0 aromatic heterocycles. The summed E-state index contributed by atoms with van der Waals surface area (Å²) in [7, 11) is 5.21. The second-order valence-electron chi connectivity index (χ2n) is 7.03. The van der Waals surface area contributed by atoms with E-state index in [2.05, 4.69) is 15.6 Å². The molecule has 26 heavy (non-hydrogen) atoms. The van der Waals surface area contributed by atoms with Crippen LogP contribution in [0.1, 0.15) is 31.2 Å². The van der Waals surface area contributed by atoms with E-state index in [9.17, 15) is 13.6 Å². The van der Waals surface area contributed by atoms with Crippen molar-refractivity contribution in [3.05, 3.63) is 35.4 Å². The summed E-state index contributed by atoms with van der Waals surface area (Å²) >= 11 is 0. The standard InChI is InChI=1S/C19H28F2N4O/c1-22-18(23-11-8-14-12-15(20)6-7-16(14)21)24-13-19(9-4-5-10-19)17(26)25(2)3/h6-7,12H,4-5,8-11,13H2,1-3H3,(H2,22,23,24). The molecule has 1 aromatic rings. The van der Waals surface area contributed by atoms with Gasteiger partial charge in [-0.3, -0.25) is 9.79 Å². The van der Waals surface area contributed by atoms with Gasteiger partial charge in [0.1, 0.15) is 11.6 Å². The summed E-state index contributed by atoms with van der Waals surface area (Å²) in [4.78, 5) is 18.4. The van der Waals surface area contributed by atoms with E-state index in [1.165, 1.54) is 6.07 Å². The predicted octanol–water partition coefficient (Wildman–Crippen LogP) is 2.32. The molecule has 0 bridgehead atoms. The maximum absolute atomic E-state index is 13.7. The lowest BCUT2D eigenvalue weighted by molar-refractivity contribution is -0.138. The molecule has 144 valence electrons. The molecule has 7 heteroatoms. The van der Waals surface area contributed by atoms with Crippen molar-refractivity contribution < 1.29 is 13.6 Å². The van der Waals surface area contributed by atoms with Gasteiger partial charge in [0.2, 0.25) is 5.91 Å². The van der Waals surface area contributed by atoms with Crippen LogP contribution in [0.2, 0.25) is 0 Å². The fourth-order valence-corrected chi connectivity index (χ4v) is 3.52. The Morgan fingerprint density at radius 2 is 1.92 bits per heavy atom. The maximum atomic E-state index is 13.7. The molecule has 1 fully saturated rings. The molecular formula is C19H28F2N4O. The summed E-state index contributed by atoms with van der Waals surface area (Å²) in [5.41, 5.74) is -0.0708. The Bertz CT molecular complexity index is 655. The highest BCUT2D eigenvalue weighted by Gasteiger charge is 2.42. The van der Waals surface area contributed by atoms with E-state index in [1.807, 2.05) is 0 Å². The minimum atomic E-state index is -0.450. The average molecular weight is 366 g/mol. The zero-order valence-corrected chi connectivity index (χ0v) is 15.7. The number of aliphatic imine (C=N–C) groups is 1. The Balaban J connectivity index is 1.89. The second kappa shape index (κ2) is 8.96. The van der Waals surface area contributed by atoms with E-state index < -0.39 is 17.0 Å². The third kappa shape index (κ3) is 4.93. The number of carbonyl (C=O) groups is 1. The van der Waals surface area contributed by atoms with Gasteiger partial charge < -0.3 is 15.5 Å². The number of nitrogens with zero attached hydrogens (tertiary/aromatic N) is 2. The smallest absolute Gasteiger partial charge is 0.230 e. The third-order valence-electron chi connectivity index (χ3n) is 4.93. The first kappa shape index (κ1) is 20.1. The quantitative estimate of drug-likeness (QED) is 0.600. The lowest BCUT2D eigenvalue weighted by Gasteiger charge is -2.31. The van der Waals surface area contributed by atoms with E-state index in [0.29, 0.717) is 31.0 Å². The van der Waals surface area contributed by atoms with Gasteiger partial charge in [-0.15, -0.1) is 0 Å². The van der Waals surface area contributed by atoms with Gasteiger partial charge in [0.15, 0.2) is 5.96 Å². The first-order valence-electron chi connectivity index (χ1n) is 8.98. The number of halogens is 2. The van der Waals surface area contributed by atoms with Crippen LogP contribution in [0.25, 0.3) is 0 Å². The Morgan fingerprint density at radius 1 is 1.23 bits per heavy atom. The van der Waals surface area contributed by atoms with Gasteiger partial charge in [-0.05, 0) is 43.0 Å². The molecule has 2 rings (SSSR count). The molecular weight excluding hydrogens is 338 g/mol. The van der Waals surface area contributed by atoms with Crippen molar-refractivity contribution in [2.24, 2.45) is 10.4 Å². The highest BCUT2D eigenvalue weighted by atomic mass is 19.1. The van der Waals surface area contributed by atoms with Crippen molar-refractivity contribution in [3.8, 4) is 0 Å². The monoisotopic (exact) mass is 366 g/mol. The SMILES string of the molecule is CN=C(NCCc1cc(F)ccc1F)NCC1(C(=O)N(C)C)CCCC1. The lowest BCUT2D eigenvalue weighted by Crippen LogP contribution is -2.49. The zero-order valence-electron chi connectivity index (χ0n) is 15.7. The van der Waals surface area contributed by atoms with E-state index in [4.69, 9.17) is 0 Å². The Labute approximate surface area is 153 Å². The maximum Gasteiger partial charge on any atom is 0.230 e. The number of carbonyl (C=O) groups excluding carboxylic acids is 1. The zero-order chi connectivity index (χ0) is 19.2. The first-order chi connectivity index (χ1) is 12.4. The van der Waals surface area contributed by atoms with Gasteiger partial charge in [0.25, 0.3) is 0 Å². The first-order valence-corrected chi connectivity index (χ1v) is 8.98. The molecule has 0 atom stereocenters. The summed E-state index contributed by atoms with van der Waals surface area (Å²) < 4.78 is 26.9. The third-order valence-corrected chi connectivity index (χ3v) is 4.93. The molecule has 0 spiro atoms. The molecule has 0 unspecified atom stereocenters. The predicted molar refractivity (Wildman–Crippen MR) is 99.0 cm³/mol. The van der Waals surface area contributed by atoms with Crippen molar-refractivity contribution >= 4 is 11.9 Å². The van der Waals surface area contributed by atoms with Crippen molar-refractivity contribution in [2.75, 3.05) is 34.2 Å². The Morgan fingerprint density at radius 3 is 2.54 bits per heavy atom. The topological polar surface area (TPSA) is 56.7 Å². The largest absolute Gasteiger partial charge is 0.356 e. The summed E-state index contributed by atoms with van der Waals surface area (Å²) in [6.45, 7) is 0.923. The van der Waals surface area contributed by atoms with Crippen molar-refractivity contribution in [2.45, 2.75) is 32.1 Å². The van der Waals surface area contributed by atoms with Gasteiger partial charge in [0.05, 0.1) is 5.41 Å². The van der Waals surface area contributed by atoms with Gasteiger partial charge in [-0.25, -0.2) is 8.78 Å². The fraction of sp³-hybridized carbons (Fsp3) is 0.579. The van der Waals surface area contributed by atoms with Crippen LogP contribution in [0.4, 0.5) is 8.78 Å². The highest BCUT2D eigenvalue weighted by molar-refractivity contribution is 5.85. The van der Waals surface area contributed by atoms with Crippen LogP contribution in [-0.2, 0) is 11.2 Å². The highest BCUT2D eigenvalue weighted by Crippen LogP contribution is 2.38. The molecule has 1 amide bonds. The van der Waals surface area contributed by atoms with E-state index >= 15 is 0 Å². The number of benzene rings is 1. The molecule has 5 nitrogen and oxygen atoms in total. The number of hydrogen-bond donors (Lipinski definition) is 2. The number of hydrogen-bond acceptors (Lipinski definition) is 2. The van der Waals surface area contributed by atoms with Gasteiger partial charge >= 0.3 is 0 Å². The molecule has 1 aliphatic carbocycles. The fourth-order valence-electron chi connectivity index (χ4n) is 3.52. The van der Waals surface area contributed by atoms with Crippen molar-refractivity contribution in [1.82, 2.24) is 15.5 Å². The molecule has 1 aliphatic rings. The summed E-state index contributed by atoms with van der Waals surface area (Å²) in [5, 5.41) is 6.32. The summed E-state index contributed by atoms with van der Waals surface area (Å²) in [6, 6.07) is 3.44. The van der Waals surface area contributed by atoms with Gasteiger partial charge in [0, 0.05) is 34.2 Å². The van der Waals surface area contributed by atoms with E-state index in [1.54, 1.807) is 26.0 Å². The normalized spacial score (nSPS) is 16.4. The molecule has 1 saturated carbocycles. The van der Waals surface area contributed by atoms with Crippen LogP contribution in [0.5, 0.6) is 0 Å². The van der Waals surface area contributed by atoms with E-state index in [-0.39, 0.29) is 5.91 Å². The molecule has 0 radical (unpaired) electrons. The van der Waals surface area contributed by atoms with Crippen LogP contribution < -0.4 is 10.6 Å². The molecule has 0 heterocycles. The minimum absolute atomic E-state index is 0.139. The average Bonchev–Trinajstić information content (AvgIpc) is 3.10. The summed E-state index contributed by atoms with van der Waals surface area (Å²) in [5.74, 6) is -0.175. The van der Waals surface area contributed by atoms with Crippen LogP contribution in [-0.4, -0.2) is 51.0 Å². The Hall–Kier alpha value is -2.18. The summed E-state index contributed by atoms with van der Waals surface area (Å²) in [6.07, 6.45) is 4.16. The van der Waals surface area contributed by atoms with Crippen LogP contribution in [0, 0.1) is 17.0 Å². The van der Waals surface area contributed by atoms with E-state index in [0.717, 1.165) is 37.8 Å². The van der Waals surface area contributed by atoms with Crippen LogP contribution in [0.3, 0.4) is 0 Å². The number of amides is 1. The second-order valence-corrected chi connectivity index (χ2v) is 7.03. The van der Waals surface area contributed by atoms with Gasteiger partial charge in [-0.2, -0.15) is 0 Å². The number of guanidine groups is 1. The van der Waals surface area contributed by atoms with Crippen molar-refractivity contribution in [1.29, 1.82) is 0 Å². The molecule has 0 saturated heterocycles.